The zero-order valence-electron chi connectivity index (χ0n) is 10.4. The van der Waals surface area contributed by atoms with E-state index >= 15 is 0 Å². The van der Waals surface area contributed by atoms with E-state index in [4.69, 9.17) is 5.73 Å². The third kappa shape index (κ3) is 3.02. The Morgan fingerprint density at radius 2 is 1.90 bits per heavy atom. The molecule has 0 unspecified atom stereocenters. The zero-order chi connectivity index (χ0) is 14.8. The Labute approximate surface area is 114 Å². The van der Waals surface area contributed by atoms with Gasteiger partial charge in [-0.05, 0) is 17.7 Å². The van der Waals surface area contributed by atoms with E-state index in [0.717, 1.165) is 5.56 Å². The predicted molar refractivity (Wildman–Crippen MR) is 70.0 cm³/mol. The van der Waals surface area contributed by atoms with Crippen molar-refractivity contribution in [3.05, 3.63) is 36.0 Å². The summed E-state index contributed by atoms with van der Waals surface area (Å²) in [5.74, 6) is -1.18. The molecule has 0 bridgehead atoms. The largest absolute Gasteiger partial charge is 0.326 e. The second kappa shape index (κ2) is 5.68. The summed E-state index contributed by atoms with van der Waals surface area (Å²) in [5.41, 5.74) is 7.71. The molecule has 3 N–H and O–H groups in total. The van der Waals surface area contributed by atoms with Gasteiger partial charge in [0.1, 0.15) is 5.75 Å². The highest BCUT2D eigenvalue weighted by atomic mass is 32.2. The Kier molecular flexibility index (Phi) is 4.15. The fraction of sp³-hybridized carbons (Fsp3) is 0.250. The fourth-order valence-electron chi connectivity index (χ4n) is 1.81. The van der Waals surface area contributed by atoms with Crippen molar-refractivity contribution >= 4 is 9.84 Å². The minimum absolute atomic E-state index is 0.129. The van der Waals surface area contributed by atoms with Crippen LogP contribution in [0.25, 0.3) is 11.3 Å². The first-order chi connectivity index (χ1) is 9.44. The lowest BCUT2D eigenvalue weighted by Gasteiger charge is -2.05. The monoisotopic (exact) mass is 301 g/mol. The van der Waals surface area contributed by atoms with Crippen LogP contribution in [-0.4, -0.2) is 30.8 Å². The predicted octanol–water partition coefficient (Wildman–Crippen LogP) is 1.57. The first-order valence-electron chi connectivity index (χ1n) is 5.77. The van der Waals surface area contributed by atoms with Crippen LogP contribution in [0.3, 0.4) is 0 Å². The van der Waals surface area contributed by atoms with Crippen LogP contribution in [0.2, 0.25) is 0 Å². The number of nitrogens with two attached hydrogens (primary N) is 1. The molecule has 0 saturated heterocycles. The molecule has 0 spiro atoms. The molecule has 0 fully saturated rings. The van der Waals surface area contributed by atoms with Gasteiger partial charge in [0, 0.05) is 12.1 Å². The molecule has 8 heteroatoms. The highest BCUT2D eigenvalue weighted by molar-refractivity contribution is 7.91. The number of halogens is 2. The number of aromatic nitrogens is 2. The van der Waals surface area contributed by atoms with Gasteiger partial charge in [-0.1, -0.05) is 12.1 Å². The molecule has 0 amide bonds. The van der Waals surface area contributed by atoms with Gasteiger partial charge in [0.15, 0.2) is 9.84 Å². The maximum Gasteiger partial charge on any atom is 0.252 e. The van der Waals surface area contributed by atoms with E-state index in [2.05, 4.69) is 10.2 Å². The van der Waals surface area contributed by atoms with E-state index in [9.17, 15) is 17.2 Å². The van der Waals surface area contributed by atoms with Crippen LogP contribution in [0.4, 0.5) is 8.78 Å². The van der Waals surface area contributed by atoms with Crippen molar-refractivity contribution in [3.63, 3.8) is 0 Å². The summed E-state index contributed by atoms with van der Waals surface area (Å²) in [6.07, 6.45) is -1.31. The number of aromatic amines is 1. The Balaban J connectivity index is 2.31. The molecule has 5 nitrogen and oxygen atoms in total. The quantitative estimate of drug-likeness (QED) is 0.877. The van der Waals surface area contributed by atoms with Crippen molar-refractivity contribution in [2.45, 2.75) is 17.9 Å². The molecule has 0 saturated carbocycles. The van der Waals surface area contributed by atoms with Crippen LogP contribution in [0.15, 0.2) is 35.4 Å². The summed E-state index contributed by atoms with van der Waals surface area (Å²) in [6.45, 7) is 0.289. The molecule has 0 aliphatic carbocycles. The van der Waals surface area contributed by atoms with Crippen LogP contribution in [0.5, 0.6) is 0 Å². The number of rotatable bonds is 5. The van der Waals surface area contributed by atoms with Crippen molar-refractivity contribution in [2.75, 3.05) is 5.75 Å². The Morgan fingerprint density at radius 1 is 1.25 bits per heavy atom. The first kappa shape index (κ1) is 14.6. The van der Waals surface area contributed by atoms with Gasteiger partial charge in [0.2, 0.25) is 0 Å². The van der Waals surface area contributed by atoms with E-state index in [1.807, 2.05) is 0 Å². The molecule has 0 aliphatic heterocycles. The minimum atomic E-state index is -3.96. The maximum atomic E-state index is 12.2. The molecular formula is C12H13F2N3O2S. The SMILES string of the molecule is NCc1cn[nH]c1-c1ccc(S(=O)(=O)CC(F)F)cc1. The molecule has 0 atom stereocenters. The lowest BCUT2D eigenvalue weighted by atomic mass is 10.1. The second-order valence-corrected chi connectivity index (χ2v) is 6.21. The van der Waals surface area contributed by atoms with Crippen molar-refractivity contribution < 1.29 is 17.2 Å². The average molecular weight is 301 g/mol. The van der Waals surface area contributed by atoms with Crippen LogP contribution in [0, 0.1) is 0 Å². The van der Waals surface area contributed by atoms with Crippen molar-refractivity contribution in [1.82, 2.24) is 10.2 Å². The summed E-state index contributed by atoms with van der Waals surface area (Å²) in [6, 6.07) is 5.67. The lowest BCUT2D eigenvalue weighted by molar-refractivity contribution is 0.174. The van der Waals surface area contributed by atoms with E-state index in [1.165, 1.54) is 24.3 Å². The van der Waals surface area contributed by atoms with Gasteiger partial charge in [-0.15, -0.1) is 0 Å². The fourth-order valence-corrected chi connectivity index (χ4v) is 2.88. The number of hydrogen-bond donors (Lipinski definition) is 2. The Hall–Kier alpha value is -1.80. The zero-order valence-corrected chi connectivity index (χ0v) is 11.2. The number of benzene rings is 1. The molecular weight excluding hydrogens is 288 g/mol. The van der Waals surface area contributed by atoms with Gasteiger partial charge in [0.05, 0.1) is 16.8 Å². The number of H-pyrrole nitrogens is 1. The summed E-state index contributed by atoms with van der Waals surface area (Å²) >= 11 is 0. The minimum Gasteiger partial charge on any atom is -0.326 e. The standard InChI is InChI=1S/C12H13F2N3O2S/c13-11(14)7-20(18,19)10-3-1-8(2-4-10)12-9(5-15)6-16-17-12/h1-4,6,11H,5,7,15H2,(H,16,17). The normalized spacial score (nSPS) is 12.0. The second-order valence-electron chi connectivity index (χ2n) is 4.17. The molecule has 0 radical (unpaired) electrons. The number of nitrogens with zero attached hydrogens (tertiary/aromatic N) is 1. The Morgan fingerprint density at radius 3 is 2.45 bits per heavy atom. The van der Waals surface area contributed by atoms with E-state index in [-0.39, 0.29) is 11.4 Å². The first-order valence-corrected chi connectivity index (χ1v) is 7.43. The molecule has 108 valence electrons. The number of hydrogen-bond acceptors (Lipinski definition) is 4. The molecule has 2 aromatic rings. The summed E-state index contributed by atoms with van der Waals surface area (Å²) in [4.78, 5) is -0.129. The van der Waals surface area contributed by atoms with Crippen molar-refractivity contribution in [2.24, 2.45) is 5.73 Å². The average Bonchev–Trinajstić information content (AvgIpc) is 2.85. The van der Waals surface area contributed by atoms with E-state index in [0.29, 0.717) is 11.3 Å². The number of nitrogens with one attached hydrogen (secondary N) is 1. The van der Waals surface area contributed by atoms with Crippen molar-refractivity contribution in [3.8, 4) is 11.3 Å². The van der Waals surface area contributed by atoms with Gasteiger partial charge in [-0.25, -0.2) is 17.2 Å². The summed E-state index contributed by atoms with van der Waals surface area (Å²) in [5, 5.41) is 6.62. The molecule has 1 aromatic carbocycles. The topological polar surface area (TPSA) is 88.8 Å². The van der Waals surface area contributed by atoms with Crippen LogP contribution in [-0.2, 0) is 16.4 Å². The molecule has 2 rings (SSSR count). The third-order valence-electron chi connectivity index (χ3n) is 2.79. The van der Waals surface area contributed by atoms with Gasteiger partial charge in [0.25, 0.3) is 6.43 Å². The smallest absolute Gasteiger partial charge is 0.252 e. The molecule has 0 aliphatic rings. The van der Waals surface area contributed by atoms with Crippen molar-refractivity contribution in [1.29, 1.82) is 0 Å². The lowest BCUT2D eigenvalue weighted by Crippen LogP contribution is -2.13. The molecule has 1 heterocycles. The van der Waals surface area contributed by atoms with Crippen LogP contribution < -0.4 is 5.73 Å². The molecule has 1 aromatic heterocycles. The van der Waals surface area contributed by atoms with Crippen LogP contribution >= 0.6 is 0 Å². The summed E-state index contributed by atoms with van der Waals surface area (Å²) in [7, 11) is -3.96. The number of alkyl halides is 2. The van der Waals surface area contributed by atoms with E-state index < -0.39 is 22.0 Å². The van der Waals surface area contributed by atoms with E-state index in [1.54, 1.807) is 6.20 Å². The van der Waals surface area contributed by atoms with Gasteiger partial charge in [-0.3, -0.25) is 5.10 Å². The highest BCUT2D eigenvalue weighted by Gasteiger charge is 2.20. The van der Waals surface area contributed by atoms with Gasteiger partial charge in [-0.2, -0.15) is 5.10 Å². The van der Waals surface area contributed by atoms with Gasteiger partial charge >= 0.3 is 0 Å². The number of sulfone groups is 1. The summed E-state index contributed by atoms with van der Waals surface area (Å²) < 4.78 is 47.7. The third-order valence-corrected chi connectivity index (χ3v) is 4.47. The molecule has 20 heavy (non-hydrogen) atoms. The highest BCUT2D eigenvalue weighted by Crippen LogP contribution is 2.23. The Bertz CT molecular complexity index is 681. The van der Waals surface area contributed by atoms with Crippen LogP contribution in [0.1, 0.15) is 5.56 Å². The van der Waals surface area contributed by atoms with Gasteiger partial charge < -0.3 is 5.73 Å². The maximum absolute atomic E-state index is 12.2.